The van der Waals surface area contributed by atoms with Gasteiger partial charge in [-0.15, -0.1) is 12.6 Å². The molecule has 2 aromatic carbocycles. The Kier molecular flexibility index (Phi) is 2.68. The van der Waals surface area contributed by atoms with Crippen molar-refractivity contribution < 1.29 is 4.42 Å². The van der Waals surface area contributed by atoms with Crippen molar-refractivity contribution in [3.63, 3.8) is 0 Å². The molecule has 0 aliphatic carbocycles. The van der Waals surface area contributed by atoms with Gasteiger partial charge in [-0.25, -0.2) is 0 Å². The number of benzene rings is 2. The fourth-order valence-corrected chi connectivity index (χ4v) is 2.25. The average Bonchev–Trinajstić information content (AvgIpc) is 2.41. The lowest BCUT2D eigenvalue weighted by Crippen LogP contribution is -2.04. The van der Waals surface area contributed by atoms with Crippen LogP contribution in [0.2, 0.25) is 0 Å². The van der Waals surface area contributed by atoms with Crippen LogP contribution in [-0.2, 0) is 0 Å². The Balaban J connectivity index is 2.35. The molecule has 0 bridgehead atoms. The molecule has 0 aliphatic rings. The summed E-state index contributed by atoms with van der Waals surface area (Å²) >= 11 is 4.37. The highest BCUT2D eigenvalue weighted by atomic mass is 32.1. The van der Waals surface area contributed by atoms with E-state index in [1.807, 2.05) is 36.4 Å². The van der Waals surface area contributed by atoms with E-state index in [0.717, 1.165) is 10.5 Å². The Morgan fingerprint density at radius 3 is 2.44 bits per heavy atom. The summed E-state index contributed by atoms with van der Waals surface area (Å²) in [6.07, 6.45) is 1.50. The van der Waals surface area contributed by atoms with Gasteiger partial charge in [0.15, 0.2) is 0 Å². The van der Waals surface area contributed by atoms with Gasteiger partial charge in [-0.05, 0) is 18.2 Å². The number of para-hydroxylation sites is 1. The molecule has 0 radical (unpaired) electrons. The lowest BCUT2D eigenvalue weighted by Gasteiger charge is -2.04. The van der Waals surface area contributed by atoms with Gasteiger partial charge >= 0.3 is 0 Å². The molecular formula is C15H10O2S. The van der Waals surface area contributed by atoms with Crippen LogP contribution in [0.15, 0.2) is 68.9 Å². The third-order valence-electron chi connectivity index (χ3n) is 2.87. The number of hydrogen-bond acceptors (Lipinski definition) is 3. The van der Waals surface area contributed by atoms with Crippen LogP contribution in [0, 0.1) is 0 Å². The molecule has 1 heterocycles. The highest BCUT2D eigenvalue weighted by Gasteiger charge is 2.10. The van der Waals surface area contributed by atoms with Crippen molar-refractivity contribution >= 4 is 23.6 Å². The molecule has 0 saturated carbocycles. The molecule has 18 heavy (non-hydrogen) atoms. The normalized spacial score (nSPS) is 10.7. The Morgan fingerprint density at radius 2 is 1.61 bits per heavy atom. The maximum absolute atomic E-state index is 12.4. The summed E-state index contributed by atoms with van der Waals surface area (Å²) in [6.45, 7) is 0. The van der Waals surface area contributed by atoms with Crippen molar-refractivity contribution in [2.75, 3.05) is 0 Å². The van der Waals surface area contributed by atoms with Crippen molar-refractivity contribution in [3.8, 4) is 11.1 Å². The lowest BCUT2D eigenvalue weighted by atomic mass is 10.1. The largest absolute Gasteiger partial charge is 0.463 e. The van der Waals surface area contributed by atoms with E-state index in [1.54, 1.807) is 12.1 Å². The van der Waals surface area contributed by atoms with Crippen molar-refractivity contribution in [2.45, 2.75) is 4.90 Å². The fraction of sp³-hybridized carbons (Fsp3) is 0. The second kappa shape index (κ2) is 4.35. The minimum absolute atomic E-state index is 0.0293. The van der Waals surface area contributed by atoms with Gasteiger partial charge in [0.05, 0.1) is 10.9 Å². The molecule has 0 fully saturated rings. The van der Waals surface area contributed by atoms with E-state index in [4.69, 9.17) is 4.42 Å². The fourth-order valence-electron chi connectivity index (χ4n) is 1.97. The van der Waals surface area contributed by atoms with Gasteiger partial charge in [-0.3, -0.25) is 4.79 Å². The van der Waals surface area contributed by atoms with E-state index in [0.29, 0.717) is 16.5 Å². The van der Waals surface area contributed by atoms with Crippen molar-refractivity contribution in [1.82, 2.24) is 0 Å². The van der Waals surface area contributed by atoms with Crippen LogP contribution in [0.4, 0.5) is 0 Å². The number of thiol groups is 1. The Morgan fingerprint density at radius 1 is 0.889 bits per heavy atom. The first-order chi connectivity index (χ1) is 8.77. The van der Waals surface area contributed by atoms with Crippen molar-refractivity contribution in [3.05, 3.63) is 65.0 Å². The first-order valence-electron chi connectivity index (χ1n) is 5.56. The topological polar surface area (TPSA) is 30.2 Å². The van der Waals surface area contributed by atoms with Crippen LogP contribution in [-0.4, -0.2) is 0 Å². The highest BCUT2D eigenvalue weighted by Crippen LogP contribution is 2.25. The van der Waals surface area contributed by atoms with Gasteiger partial charge in [0, 0.05) is 10.5 Å². The molecule has 0 spiro atoms. The minimum Gasteiger partial charge on any atom is -0.463 e. The Labute approximate surface area is 109 Å². The molecule has 3 rings (SSSR count). The maximum Gasteiger partial charge on any atom is 0.200 e. The van der Waals surface area contributed by atoms with Crippen LogP contribution in [0.1, 0.15) is 0 Å². The lowest BCUT2D eigenvalue weighted by molar-refractivity contribution is 0.604. The number of fused-ring (bicyclic) bond motifs is 1. The maximum atomic E-state index is 12.4. The summed E-state index contributed by atoms with van der Waals surface area (Å²) in [5, 5.41) is 0.589. The standard InChI is InChI=1S/C15H10O2S/c16-15-11-6-1-3-7-13(11)17-9-12(15)10-5-2-4-8-14(10)18/h1-9,18H. The van der Waals surface area contributed by atoms with Crippen LogP contribution in [0.25, 0.3) is 22.1 Å². The molecule has 1 aromatic heterocycles. The zero-order chi connectivity index (χ0) is 12.5. The summed E-state index contributed by atoms with van der Waals surface area (Å²) < 4.78 is 5.50. The van der Waals surface area contributed by atoms with Gasteiger partial charge in [-0.2, -0.15) is 0 Å². The van der Waals surface area contributed by atoms with Gasteiger partial charge in [0.1, 0.15) is 11.8 Å². The van der Waals surface area contributed by atoms with E-state index in [9.17, 15) is 4.79 Å². The average molecular weight is 254 g/mol. The molecular weight excluding hydrogens is 244 g/mol. The van der Waals surface area contributed by atoms with E-state index >= 15 is 0 Å². The van der Waals surface area contributed by atoms with Gasteiger partial charge in [0.2, 0.25) is 5.43 Å². The summed E-state index contributed by atoms with van der Waals surface area (Å²) in [6, 6.07) is 14.7. The van der Waals surface area contributed by atoms with E-state index < -0.39 is 0 Å². The highest BCUT2D eigenvalue weighted by molar-refractivity contribution is 7.80. The molecule has 3 aromatic rings. The van der Waals surface area contributed by atoms with Crippen molar-refractivity contribution in [2.24, 2.45) is 0 Å². The molecule has 0 aliphatic heterocycles. The number of rotatable bonds is 1. The monoisotopic (exact) mass is 254 g/mol. The Bertz CT molecular complexity index is 775. The smallest absolute Gasteiger partial charge is 0.200 e. The molecule has 0 N–H and O–H groups in total. The first-order valence-corrected chi connectivity index (χ1v) is 6.01. The summed E-state index contributed by atoms with van der Waals surface area (Å²) in [5.74, 6) is 0. The first kappa shape index (κ1) is 11.1. The SMILES string of the molecule is O=c1c(-c2ccccc2S)coc2ccccc12. The second-order valence-corrected chi connectivity index (χ2v) is 4.47. The third-order valence-corrected chi connectivity index (χ3v) is 3.26. The molecule has 0 atom stereocenters. The number of hydrogen-bond donors (Lipinski definition) is 1. The predicted octanol–water partition coefficient (Wildman–Crippen LogP) is 3.75. The zero-order valence-electron chi connectivity index (χ0n) is 9.46. The van der Waals surface area contributed by atoms with Gasteiger partial charge in [-0.1, -0.05) is 30.3 Å². The molecule has 0 saturated heterocycles. The molecule has 3 heteroatoms. The molecule has 88 valence electrons. The summed E-state index contributed by atoms with van der Waals surface area (Å²) in [4.78, 5) is 13.2. The van der Waals surface area contributed by atoms with Gasteiger partial charge in [0.25, 0.3) is 0 Å². The van der Waals surface area contributed by atoms with Gasteiger partial charge < -0.3 is 4.42 Å². The summed E-state index contributed by atoms with van der Waals surface area (Å²) in [5.41, 5.74) is 1.90. The van der Waals surface area contributed by atoms with Crippen LogP contribution in [0.5, 0.6) is 0 Å². The predicted molar refractivity (Wildman–Crippen MR) is 75.2 cm³/mol. The zero-order valence-corrected chi connectivity index (χ0v) is 10.4. The van der Waals surface area contributed by atoms with Crippen LogP contribution >= 0.6 is 12.6 Å². The molecule has 0 amide bonds. The van der Waals surface area contributed by atoms with Crippen LogP contribution in [0.3, 0.4) is 0 Å². The van der Waals surface area contributed by atoms with E-state index in [2.05, 4.69) is 12.6 Å². The van der Waals surface area contributed by atoms with Crippen molar-refractivity contribution in [1.29, 1.82) is 0 Å². The summed E-state index contributed by atoms with van der Waals surface area (Å²) in [7, 11) is 0. The molecule has 2 nitrogen and oxygen atoms in total. The van der Waals surface area contributed by atoms with Crippen LogP contribution < -0.4 is 5.43 Å². The minimum atomic E-state index is -0.0293. The van der Waals surface area contributed by atoms with E-state index in [-0.39, 0.29) is 5.43 Å². The molecule has 0 unspecified atom stereocenters. The quantitative estimate of drug-likeness (QED) is 0.670. The third kappa shape index (κ3) is 1.73. The second-order valence-electron chi connectivity index (χ2n) is 3.99. The van der Waals surface area contributed by atoms with E-state index in [1.165, 1.54) is 6.26 Å². The Hall–Kier alpha value is -2.00.